The van der Waals surface area contributed by atoms with E-state index in [0.29, 0.717) is 5.56 Å². The van der Waals surface area contributed by atoms with E-state index >= 15 is 0 Å². The number of carbonyl (C=O) groups excluding carboxylic acids is 1. The predicted octanol–water partition coefficient (Wildman–Crippen LogP) is -1.47. The molecule has 0 saturated carbocycles. The van der Waals surface area contributed by atoms with E-state index in [1.54, 1.807) is 18.2 Å². The molecule has 1 N–H and O–H groups in total. The maximum absolute atomic E-state index is 12.1. The average molecular weight is 300 g/mol. The summed E-state index contributed by atoms with van der Waals surface area (Å²) in [6.07, 6.45) is 0. The molecule has 0 aliphatic carbocycles. The fourth-order valence-corrected chi connectivity index (χ4v) is 2.24. The Balaban J connectivity index is 0.00000200. The molecule has 5 nitrogen and oxygen atoms in total. The summed E-state index contributed by atoms with van der Waals surface area (Å²) in [5.41, 5.74) is 0.0707. The molecule has 0 atom stereocenters. The van der Waals surface area contributed by atoms with Gasteiger partial charge >= 0.3 is 29.6 Å². The topological polar surface area (TPSA) is 94.5 Å². The van der Waals surface area contributed by atoms with Crippen LogP contribution in [0.4, 0.5) is 0 Å². The molecule has 0 bridgehead atoms. The van der Waals surface area contributed by atoms with Crippen LogP contribution in [-0.2, 0) is 10.1 Å². The Kier molecular flexibility index (Phi) is 5.50. The van der Waals surface area contributed by atoms with Crippen LogP contribution in [0, 0.1) is 0 Å². The van der Waals surface area contributed by atoms with Crippen LogP contribution in [0.25, 0.3) is 0 Å². The number of carbonyl (C=O) groups is 1. The Morgan fingerprint density at radius 3 is 2.15 bits per heavy atom. The Morgan fingerprint density at radius 1 is 1.00 bits per heavy atom. The Morgan fingerprint density at radius 2 is 1.60 bits per heavy atom. The summed E-state index contributed by atoms with van der Waals surface area (Å²) in [6, 6.07) is 11.5. The molecule has 2 aromatic rings. The first kappa shape index (κ1) is 16.9. The van der Waals surface area contributed by atoms with Gasteiger partial charge in [-0.15, -0.1) is 0 Å². The summed E-state index contributed by atoms with van der Waals surface area (Å²) in [7, 11) is -4.82. The van der Waals surface area contributed by atoms with Gasteiger partial charge in [-0.05, 0) is 12.1 Å². The molecule has 0 heterocycles. The largest absolute Gasteiger partial charge is 1.00 e. The molecule has 0 spiro atoms. The predicted molar refractivity (Wildman–Crippen MR) is 65.9 cm³/mol. The molecule has 20 heavy (non-hydrogen) atoms. The molecular weight excluding hydrogens is 291 g/mol. The number of benzene rings is 2. The molecule has 2 aromatic carbocycles. The van der Waals surface area contributed by atoms with Crippen LogP contribution < -0.4 is 29.6 Å². The molecule has 0 aliphatic rings. The van der Waals surface area contributed by atoms with Crippen LogP contribution in [0.5, 0.6) is 5.75 Å². The first-order chi connectivity index (χ1) is 8.91. The minimum atomic E-state index is -4.82. The van der Waals surface area contributed by atoms with Crippen LogP contribution in [0.2, 0.25) is 0 Å². The molecule has 0 aliphatic heterocycles. The van der Waals surface area contributed by atoms with E-state index in [2.05, 4.69) is 0 Å². The number of hydrogen-bond acceptors (Lipinski definition) is 5. The van der Waals surface area contributed by atoms with E-state index in [-0.39, 0.29) is 35.1 Å². The van der Waals surface area contributed by atoms with Gasteiger partial charge in [0.05, 0.1) is 10.5 Å². The summed E-state index contributed by atoms with van der Waals surface area (Å²) in [4.78, 5) is 11.3. The zero-order valence-corrected chi connectivity index (χ0v) is 13.4. The molecule has 0 unspecified atom stereocenters. The molecule has 98 valence electrons. The Bertz CT molecular complexity index is 726. The van der Waals surface area contributed by atoms with Gasteiger partial charge in [0.25, 0.3) is 0 Å². The van der Waals surface area contributed by atoms with Gasteiger partial charge in [0.1, 0.15) is 15.9 Å². The van der Waals surface area contributed by atoms with E-state index < -0.39 is 26.5 Å². The maximum Gasteiger partial charge on any atom is 1.00 e. The molecule has 0 amide bonds. The van der Waals surface area contributed by atoms with Gasteiger partial charge in [0, 0.05) is 5.56 Å². The van der Waals surface area contributed by atoms with Crippen molar-refractivity contribution in [3.8, 4) is 5.75 Å². The number of phenols is 1. The zero-order chi connectivity index (χ0) is 14.0. The summed E-state index contributed by atoms with van der Waals surface area (Å²) in [5, 5.41) is 9.76. The minimum absolute atomic E-state index is 0. The monoisotopic (exact) mass is 300 g/mol. The second kappa shape index (κ2) is 6.51. The molecule has 0 saturated heterocycles. The van der Waals surface area contributed by atoms with Gasteiger partial charge < -0.3 is 9.66 Å². The average Bonchev–Trinajstić information content (AvgIpc) is 2.38. The van der Waals surface area contributed by atoms with Crippen molar-refractivity contribution in [2.75, 3.05) is 0 Å². The fraction of sp³-hybridized carbons (Fsp3) is 0. The van der Waals surface area contributed by atoms with Gasteiger partial charge in [0.2, 0.25) is 0 Å². The van der Waals surface area contributed by atoms with E-state index in [4.69, 9.17) is 0 Å². The van der Waals surface area contributed by atoms with Crippen molar-refractivity contribution in [2.24, 2.45) is 0 Å². The van der Waals surface area contributed by atoms with Crippen molar-refractivity contribution in [3.63, 3.8) is 0 Å². The van der Waals surface area contributed by atoms with E-state index in [0.717, 1.165) is 6.07 Å². The molecule has 7 heteroatoms. The van der Waals surface area contributed by atoms with Crippen molar-refractivity contribution in [3.05, 3.63) is 59.7 Å². The molecule has 0 aromatic heterocycles. The van der Waals surface area contributed by atoms with E-state index in [1.165, 1.54) is 24.3 Å². The van der Waals surface area contributed by atoms with Gasteiger partial charge in [0.15, 0.2) is 5.78 Å². The number of ketones is 1. The van der Waals surface area contributed by atoms with Crippen molar-refractivity contribution >= 4 is 15.9 Å². The summed E-state index contributed by atoms with van der Waals surface area (Å²) >= 11 is 0. The van der Waals surface area contributed by atoms with Crippen molar-refractivity contribution in [1.82, 2.24) is 0 Å². The van der Waals surface area contributed by atoms with Crippen LogP contribution in [0.3, 0.4) is 0 Å². The number of rotatable bonds is 3. The third-order valence-corrected chi connectivity index (χ3v) is 3.42. The zero-order valence-electron chi connectivity index (χ0n) is 10.6. The number of para-hydroxylation sites is 1. The Labute approximate surface area is 138 Å². The van der Waals surface area contributed by atoms with Crippen LogP contribution in [-0.4, -0.2) is 23.9 Å². The van der Waals surface area contributed by atoms with Crippen molar-refractivity contribution in [2.45, 2.75) is 4.90 Å². The van der Waals surface area contributed by atoms with E-state index in [9.17, 15) is 22.9 Å². The quantitative estimate of drug-likeness (QED) is 0.424. The van der Waals surface area contributed by atoms with Crippen molar-refractivity contribution in [1.29, 1.82) is 0 Å². The van der Waals surface area contributed by atoms with Crippen LogP contribution in [0.15, 0.2) is 53.4 Å². The standard InChI is InChI=1S/C13H10O5S.Na/c14-12(9-5-2-1-3-6-9)10-7-4-8-11(13(10)15)19(16,17)18;/h1-8,15H,(H,16,17,18);/q;+1/p-1. The van der Waals surface area contributed by atoms with Crippen LogP contribution in [0.1, 0.15) is 15.9 Å². The number of aromatic hydroxyl groups is 1. The van der Waals surface area contributed by atoms with Gasteiger partial charge in [-0.1, -0.05) is 36.4 Å². The summed E-state index contributed by atoms with van der Waals surface area (Å²) < 4.78 is 32.8. The minimum Gasteiger partial charge on any atom is -0.744 e. The molecule has 0 fully saturated rings. The molecular formula is C13H9NaO5S. The smallest absolute Gasteiger partial charge is 0.744 e. The van der Waals surface area contributed by atoms with Gasteiger partial charge in [-0.25, -0.2) is 8.42 Å². The summed E-state index contributed by atoms with van der Waals surface area (Å²) in [6.45, 7) is 0. The first-order valence-corrected chi connectivity index (χ1v) is 6.69. The Hall–Kier alpha value is -1.18. The second-order valence-electron chi connectivity index (χ2n) is 3.80. The third-order valence-electron chi connectivity index (χ3n) is 2.55. The second-order valence-corrected chi connectivity index (χ2v) is 5.15. The van der Waals surface area contributed by atoms with Crippen LogP contribution >= 0.6 is 0 Å². The maximum atomic E-state index is 12.1. The third kappa shape index (κ3) is 3.47. The SMILES string of the molecule is O=C(c1ccccc1)c1cccc(S(=O)(=O)[O-])c1O.[Na+]. The molecule has 2 rings (SSSR count). The van der Waals surface area contributed by atoms with Gasteiger partial charge in [-0.2, -0.15) is 0 Å². The first-order valence-electron chi connectivity index (χ1n) is 5.29. The normalized spacial score (nSPS) is 10.7. The molecule has 0 radical (unpaired) electrons. The van der Waals surface area contributed by atoms with Gasteiger partial charge in [-0.3, -0.25) is 4.79 Å². The number of hydrogen-bond donors (Lipinski definition) is 1. The summed E-state index contributed by atoms with van der Waals surface area (Å²) in [5.74, 6) is -1.37. The van der Waals surface area contributed by atoms with Crippen molar-refractivity contribution < 1.29 is 52.4 Å². The fourth-order valence-electron chi connectivity index (χ4n) is 1.65. The number of phenolic OH excluding ortho intramolecular Hbond substituents is 1. The van der Waals surface area contributed by atoms with E-state index in [1.807, 2.05) is 0 Å².